The molecule has 4 heteroatoms. The number of ether oxygens (including phenoxy) is 2. The molecular weight excluding hydrogens is 280 g/mol. The van der Waals surface area contributed by atoms with Gasteiger partial charge in [0.2, 0.25) is 0 Å². The van der Waals surface area contributed by atoms with Crippen LogP contribution in [0.3, 0.4) is 0 Å². The molecule has 0 spiro atoms. The van der Waals surface area contributed by atoms with E-state index in [1.807, 2.05) is 45.9 Å². The lowest BCUT2D eigenvalue weighted by molar-refractivity contribution is -0.156. The van der Waals surface area contributed by atoms with Crippen LogP contribution < -0.4 is 0 Å². The second-order valence-electron chi connectivity index (χ2n) is 6.39. The summed E-state index contributed by atoms with van der Waals surface area (Å²) < 4.78 is 9.74. The molecule has 0 bridgehead atoms. The van der Waals surface area contributed by atoms with Crippen LogP contribution in [0.1, 0.15) is 44.7 Å². The predicted molar refractivity (Wildman–Crippen MR) is 85.6 cm³/mol. The number of aryl methyl sites for hydroxylation is 1. The molecule has 122 valence electrons. The minimum Gasteiger partial charge on any atom is -0.469 e. The summed E-state index contributed by atoms with van der Waals surface area (Å²) in [6.07, 6.45) is 0.757. The molecule has 0 N–H and O–H groups in total. The number of methoxy groups -OCH3 is 2. The number of hydrogen-bond acceptors (Lipinski definition) is 4. The molecule has 0 saturated carbocycles. The Morgan fingerprint density at radius 2 is 1.73 bits per heavy atom. The standard InChI is InChI=1S/C18H26O4/c1-13-8-7-9-14(12-13)18(4,11-10-15(19)21-5)17(2,3)16(20)22-6/h7-9,12H,10-11H2,1-6H3. The van der Waals surface area contributed by atoms with Crippen molar-refractivity contribution in [2.24, 2.45) is 5.41 Å². The molecule has 0 heterocycles. The molecule has 4 nitrogen and oxygen atoms in total. The number of benzene rings is 1. The van der Waals surface area contributed by atoms with Gasteiger partial charge in [-0.3, -0.25) is 9.59 Å². The quantitative estimate of drug-likeness (QED) is 0.756. The van der Waals surface area contributed by atoms with Crippen molar-refractivity contribution in [3.8, 4) is 0 Å². The van der Waals surface area contributed by atoms with Gasteiger partial charge in [-0.15, -0.1) is 0 Å². The molecule has 1 unspecified atom stereocenters. The van der Waals surface area contributed by atoms with Gasteiger partial charge in [-0.1, -0.05) is 36.8 Å². The molecule has 0 aliphatic carbocycles. The lowest BCUT2D eigenvalue weighted by atomic mass is 9.60. The fourth-order valence-electron chi connectivity index (χ4n) is 2.74. The van der Waals surface area contributed by atoms with Crippen molar-refractivity contribution in [3.05, 3.63) is 35.4 Å². The molecular formula is C18H26O4. The number of rotatable bonds is 6. The van der Waals surface area contributed by atoms with E-state index in [4.69, 9.17) is 9.47 Å². The zero-order chi connectivity index (χ0) is 17.0. The number of carbonyl (C=O) groups is 2. The summed E-state index contributed by atoms with van der Waals surface area (Å²) in [4.78, 5) is 23.9. The van der Waals surface area contributed by atoms with Gasteiger partial charge in [-0.05, 0) is 32.8 Å². The summed E-state index contributed by atoms with van der Waals surface area (Å²) in [6, 6.07) is 8.03. The van der Waals surface area contributed by atoms with E-state index >= 15 is 0 Å². The summed E-state index contributed by atoms with van der Waals surface area (Å²) in [6.45, 7) is 7.73. The topological polar surface area (TPSA) is 52.6 Å². The van der Waals surface area contributed by atoms with Crippen LogP contribution >= 0.6 is 0 Å². The SMILES string of the molecule is COC(=O)CCC(C)(c1cccc(C)c1)C(C)(C)C(=O)OC. The van der Waals surface area contributed by atoms with Crippen LogP contribution in [0.4, 0.5) is 0 Å². The Labute approximate surface area is 132 Å². The lowest BCUT2D eigenvalue weighted by Crippen LogP contribution is -2.46. The molecule has 1 aromatic rings. The predicted octanol–water partition coefficient (Wildman–Crippen LogP) is 3.41. The van der Waals surface area contributed by atoms with Gasteiger partial charge < -0.3 is 9.47 Å². The fourth-order valence-corrected chi connectivity index (χ4v) is 2.74. The van der Waals surface area contributed by atoms with E-state index < -0.39 is 10.8 Å². The minimum atomic E-state index is -0.774. The molecule has 0 radical (unpaired) electrons. The Morgan fingerprint density at radius 1 is 1.09 bits per heavy atom. The average Bonchev–Trinajstić information content (AvgIpc) is 2.50. The van der Waals surface area contributed by atoms with Gasteiger partial charge in [0.25, 0.3) is 0 Å². The van der Waals surface area contributed by atoms with Crippen molar-refractivity contribution in [3.63, 3.8) is 0 Å². The maximum Gasteiger partial charge on any atom is 0.312 e. The second-order valence-corrected chi connectivity index (χ2v) is 6.39. The Hall–Kier alpha value is -1.84. The van der Waals surface area contributed by atoms with E-state index in [0.29, 0.717) is 6.42 Å². The van der Waals surface area contributed by atoms with Crippen molar-refractivity contribution in [1.29, 1.82) is 0 Å². The molecule has 0 aliphatic rings. The lowest BCUT2D eigenvalue weighted by Gasteiger charge is -2.42. The summed E-state index contributed by atoms with van der Waals surface area (Å²) in [5.74, 6) is -0.569. The first-order valence-corrected chi connectivity index (χ1v) is 7.41. The Balaban J connectivity index is 3.31. The van der Waals surface area contributed by atoms with Gasteiger partial charge in [0.15, 0.2) is 0 Å². The molecule has 0 aliphatic heterocycles. The zero-order valence-corrected chi connectivity index (χ0v) is 14.4. The number of carbonyl (C=O) groups excluding carboxylic acids is 2. The third-order valence-electron chi connectivity index (χ3n) is 4.79. The first kappa shape index (κ1) is 18.2. The van der Waals surface area contributed by atoms with Gasteiger partial charge in [0.1, 0.15) is 0 Å². The Morgan fingerprint density at radius 3 is 2.23 bits per heavy atom. The molecule has 0 aromatic heterocycles. The van der Waals surface area contributed by atoms with E-state index in [-0.39, 0.29) is 18.4 Å². The highest BCUT2D eigenvalue weighted by atomic mass is 16.5. The molecule has 0 fully saturated rings. The van der Waals surface area contributed by atoms with Gasteiger partial charge in [-0.25, -0.2) is 0 Å². The molecule has 0 amide bonds. The summed E-state index contributed by atoms with van der Waals surface area (Å²) in [7, 11) is 2.76. The van der Waals surface area contributed by atoms with E-state index in [9.17, 15) is 9.59 Å². The third-order valence-corrected chi connectivity index (χ3v) is 4.79. The fraction of sp³-hybridized carbons (Fsp3) is 0.556. The van der Waals surface area contributed by atoms with E-state index in [1.54, 1.807) is 0 Å². The highest BCUT2D eigenvalue weighted by Gasteiger charge is 2.48. The molecule has 22 heavy (non-hydrogen) atoms. The largest absolute Gasteiger partial charge is 0.469 e. The van der Waals surface area contributed by atoms with Gasteiger partial charge in [0.05, 0.1) is 19.6 Å². The maximum atomic E-state index is 12.3. The minimum absolute atomic E-state index is 0.251. The van der Waals surface area contributed by atoms with E-state index in [0.717, 1.165) is 11.1 Å². The molecule has 1 rings (SSSR count). The van der Waals surface area contributed by atoms with Crippen LogP contribution in [0.5, 0.6) is 0 Å². The smallest absolute Gasteiger partial charge is 0.312 e. The second kappa shape index (κ2) is 6.95. The van der Waals surface area contributed by atoms with Crippen LogP contribution in [0.2, 0.25) is 0 Å². The number of esters is 2. The highest BCUT2D eigenvalue weighted by molar-refractivity contribution is 5.78. The monoisotopic (exact) mass is 306 g/mol. The van der Waals surface area contributed by atoms with Crippen molar-refractivity contribution in [2.75, 3.05) is 14.2 Å². The van der Waals surface area contributed by atoms with E-state index in [1.165, 1.54) is 14.2 Å². The van der Waals surface area contributed by atoms with Crippen molar-refractivity contribution < 1.29 is 19.1 Å². The van der Waals surface area contributed by atoms with Crippen LogP contribution in [0.25, 0.3) is 0 Å². The van der Waals surface area contributed by atoms with Gasteiger partial charge >= 0.3 is 11.9 Å². The van der Waals surface area contributed by atoms with Crippen LogP contribution in [0.15, 0.2) is 24.3 Å². The molecule has 1 atom stereocenters. The average molecular weight is 306 g/mol. The zero-order valence-electron chi connectivity index (χ0n) is 14.4. The number of hydrogen-bond donors (Lipinski definition) is 0. The summed E-state index contributed by atoms with van der Waals surface area (Å²) >= 11 is 0. The highest BCUT2D eigenvalue weighted by Crippen LogP contribution is 2.46. The first-order chi connectivity index (χ1) is 10.2. The first-order valence-electron chi connectivity index (χ1n) is 7.41. The summed E-state index contributed by atoms with van der Waals surface area (Å²) in [5.41, 5.74) is 0.818. The normalized spacial score (nSPS) is 14.1. The van der Waals surface area contributed by atoms with Crippen molar-refractivity contribution in [1.82, 2.24) is 0 Å². The van der Waals surface area contributed by atoms with Crippen LogP contribution in [-0.4, -0.2) is 26.2 Å². The van der Waals surface area contributed by atoms with Crippen molar-refractivity contribution >= 4 is 11.9 Å². The van der Waals surface area contributed by atoms with Crippen LogP contribution in [-0.2, 0) is 24.5 Å². The Kier molecular flexibility index (Phi) is 5.75. The van der Waals surface area contributed by atoms with Crippen LogP contribution in [0, 0.1) is 12.3 Å². The third kappa shape index (κ3) is 3.49. The molecule has 1 aromatic carbocycles. The maximum absolute atomic E-state index is 12.3. The van der Waals surface area contributed by atoms with Gasteiger partial charge in [-0.2, -0.15) is 0 Å². The molecule has 0 saturated heterocycles. The van der Waals surface area contributed by atoms with Gasteiger partial charge in [0, 0.05) is 11.8 Å². The van der Waals surface area contributed by atoms with E-state index in [2.05, 4.69) is 6.07 Å². The summed E-state index contributed by atoms with van der Waals surface area (Å²) in [5, 5.41) is 0. The van der Waals surface area contributed by atoms with Crippen molar-refractivity contribution in [2.45, 2.75) is 46.0 Å². The Bertz CT molecular complexity index is 548.